The van der Waals surface area contributed by atoms with Crippen LogP contribution in [0.5, 0.6) is 0 Å². The quantitative estimate of drug-likeness (QED) is 0.514. The van der Waals surface area contributed by atoms with E-state index >= 15 is 0 Å². The van der Waals surface area contributed by atoms with Crippen molar-refractivity contribution in [3.05, 3.63) is 28.2 Å². The number of ether oxygens (including phenoxy) is 1. The molecule has 1 fully saturated rings. The van der Waals surface area contributed by atoms with Crippen molar-refractivity contribution in [2.75, 3.05) is 6.61 Å². The molecule has 0 bridgehead atoms. The van der Waals surface area contributed by atoms with Gasteiger partial charge in [-0.2, -0.15) is 4.72 Å². The molecule has 1 aliphatic carbocycles. The largest absolute Gasteiger partial charge is 0.454 e. The standard InChI is InChI=1S/C18H23Cl2N3O6S/c1-11(23-30(27,28)13-7-8-14(19)15(20)9-13)17(25)29-10-16(24)22-18(26)21-12-5-3-2-4-6-12/h7-9,11-12,23H,2-6,10H2,1H3,(H2,21,22,24,26)/t11-/m0/s1. The Labute approximate surface area is 184 Å². The fraction of sp³-hybridized carbons (Fsp3) is 0.500. The Balaban J connectivity index is 1.79. The van der Waals surface area contributed by atoms with Gasteiger partial charge in [-0.05, 0) is 38.0 Å². The summed E-state index contributed by atoms with van der Waals surface area (Å²) in [4.78, 5) is 35.4. The topological polar surface area (TPSA) is 131 Å². The minimum absolute atomic E-state index is 0.0184. The van der Waals surface area contributed by atoms with Crippen LogP contribution >= 0.6 is 23.2 Å². The van der Waals surface area contributed by atoms with Crippen LogP contribution in [-0.4, -0.2) is 45.0 Å². The Morgan fingerprint density at radius 3 is 2.43 bits per heavy atom. The third-order valence-electron chi connectivity index (χ3n) is 4.43. The third-order valence-corrected chi connectivity index (χ3v) is 6.70. The number of imide groups is 1. The summed E-state index contributed by atoms with van der Waals surface area (Å²) in [6.45, 7) is 0.529. The SMILES string of the molecule is C[C@H](NS(=O)(=O)c1ccc(Cl)c(Cl)c1)C(=O)OCC(=O)NC(=O)NC1CCCCC1. The highest BCUT2D eigenvalue weighted by Crippen LogP contribution is 2.24. The summed E-state index contributed by atoms with van der Waals surface area (Å²) in [5, 5.41) is 4.99. The molecular weight excluding hydrogens is 457 g/mol. The highest BCUT2D eigenvalue weighted by molar-refractivity contribution is 7.89. The number of hydrogen-bond acceptors (Lipinski definition) is 6. The predicted molar refractivity (Wildman–Crippen MR) is 111 cm³/mol. The lowest BCUT2D eigenvalue weighted by atomic mass is 9.96. The van der Waals surface area contributed by atoms with Crippen LogP contribution in [0.1, 0.15) is 39.0 Å². The molecule has 1 saturated carbocycles. The number of rotatable bonds is 7. The Bertz CT molecular complexity index is 903. The van der Waals surface area contributed by atoms with E-state index in [0.29, 0.717) is 0 Å². The Morgan fingerprint density at radius 2 is 1.80 bits per heavy atom. The Kier molecular flexibility index (Phi) is 8.90. The summed E-state index contributed by atoms with van der Waals surface area (Å²) < 4.78 is 31.6. The van der Waals surface area contributed by atoms with Crippen molar-refractivity contribution in [1.29, 1.82) is 0 Å². The number of carbonyl (C=O) groups is 3. The van der Waals surface area contributed by atoms with Crippen LogP contribution in [0.15, 0.2) is 23.1 Å². The lowest BCUT2D eigenvalue weighted by molar-refractivity contribution is -0.149. The van der Waals surface area contributed by atoms with Gasteiger partial charge in [0, 0.05) is 6.04 Å². The molecule has 166 valence electrons. The van der Waals surface area contributed by atoms with Crippen LogP contribution in [0.3, 0.4) is 0 Å². The first-order chi connectivity index (χ1) is 14.1. The van der Waals surface area contributed by atoms with Crippen molar-refractivity contribution in [2.24, 2.45) is 0 Å². The van der Waals surface area contributed by atoms with E-state index in [1.165, 1.54) is 19.1 Å². The maximum Gasteiger partial charge on any atom is 0.324 e. The van der Waals surface area contributed by atoms with E-state index < -0.39 is 40.6 Å². The molecule has 0 unspecified atom stereocenters. The zero-order valence-electron chi connectivity index (χ0n) is 16.2. The molecule has 0 aliphatic heterocycles. The van der Waals surface area contributed by atoms with Crippen molar-refractivity contribution in [3.63, 3.8) is 0 Å². The molecule has 0 aromatic heterocycles. The molecular formula is C18H23Cl2N3O6S. The van der Waals surface area contributed by atoms with Crippen molar-refractivity contribution >= 4 is 51.1 Å². The molecule has 1 aliphatic rings. The van der Waals surface area contributed by atoms with Gasteiger partial charge in [-0.15, -0.1) is 0 Å². The van der Waals surface area contributed by atoms with Crippen molar-refractivity contribution < 1.29 is 27.5 Å². The lowest BCUT2D eigenvalue weighted by Crippen LogP contribution is -2.47. The van der Waals surface area contributed by atoms with Gasteiger partial charge in [0.1, 0.15) is 6.04 Å². The van der Waals surface area contributed by atoms with Crippen LogP contribution in [0.2, 0.25) is 10.0 Å². The van der Waals surface area contributed by atoms with E-state index in [9.17, 15) is 22.8 Å². The number of halogens is 2. The van der Waals surface area contributed by atoms with Crippen LogP contribution in [0, 0.1) is 0 Å². The summed E-state index contributed by atoms with van der Waals surface area (Å²) in [5.74, 6) is -1.81. The van der Waals surface area contributed by atoms with Gasteiger partial charge in [0.2, 0.25) is 10.0 Å². The van der Waals surface area contributed by atoms with Crippen molar-refractivity contribution in [3.8, 4) is 0 Å². The van der Waals surface area contributed by atoms with Gasteiger partial charge in [-0.3, -0.25) is 14.9 Å². The second-order valence-electron chi connectivity index (χ2n) is 6.88. The molecule has 1 atom stereocenters. The highest BCUT2D eigenvalue weighted by Gasteiger charge is 2.25. The minimum atomic E-state index is -4.08. The molecule has 1 aromatic carbocycles. The number of hydrogen-bond donors (Lipinski definition) is 3. The molecule has 0 spiro atoms. The molecule has 3 amide bonds. The number of urea groups is 1. The highest BCUT2D eigenvalue weighted by atomic mass is 35.5. The first-order valence-electron chi connectivity index (χ1n) is 9.33. The van der Waals surface area contributed by atoms with E-state index in [2.05, 4.69) is 15.4 Å². The van der Waals surface area contributed by atoms with Gasteiger partial charge in [0.25, 0.3) is 5.91 Å². The first kappa shape index (κ1) is 24.4. The summed E-state index contributed by atoms with van der Waals surface area (Å²) in [5.41, 5.74) is 0. The van der Waals surface area contributed by atoms with Gasteiger partial charge >= 0.3 is 12.0 Å². The van der Waals surface area contributed by atoms with Crippen molar-refractivity contribution in [2.45, 2.75) is 56.0 Å². The number of carbonyl (C=O) groups excluding carboxylic acids is 3. The zero-order valence-corrected chi connectivity index (χ0v) is 18.6. The summed E-state index contributed by atoms with van der Waals surface area (Å²) in [6, 6.07) is 1.76. The van der Waals surface area contributed by atoms with Crippen LogP contribution in [0.25, 0.3) is 0 Å². The normalized spacial score (nSPS) is 15.8. The Morgan fingerprint density at radius 1 is 1.13 bits per heavy atom. The molecule has 3 N–H and O–H groups in total. The number of amides is 3. The zero-order chi connectivity index (χ0) is 22.3. The maximum absolute atomic E-state index is 12.3. The molecule has 0 saturated heterocycles. The average molecular weight is 480 g/mol. The van der Waals surface area contributed by atoms with Gasteiger partial charge in [-0.1, -0.05) is 42.5 Å². The molecule has 1 aromatic rings. The summed E-state index contributed by atoms with van der Waals surface area (Å²) >= 11 is 11.6. The number of benzene rings is 1. The van der Waals surface area contributed by atoms with Crippen LogP contribution in [0.4, 0.5) is 4.79 Å². The smallest absolute Gasteiger partial charge is 0.324 e. The number of esters is 1. The first-order valence-corrected chi connectivity index (χ1v) is 11.6. The molecule has 0 radical (unpaired) electrons. The molecule has 9 nitrogen and oxygen atoms in total. The lowest BCUT2D eigenvalue weighted by Gasteiger charge is -2.22. The maximum atomic E-state index is 12.3. The third kappa shape index (κ3) is 7.42. The molecule has 12 heteroatoms. The monoisotopic (exact) mass is 479 g/mol. The van der Waals surface area contributed by atoms with Gasteiger partial charge in [-0.25, -0.2) is 13.2 Å². The fourth-order valence-electron chi connectivity index (χ4n) is 2.89. The molecule has 0 heterocycles. The predicted octanol–water partition coefficient (Wildman–Crippen LogP) is 2.36. The second kappa shape index (κ2) is 10.9. The van der Waals surface area contributed by atoms with E-state index in [-0.39, 0.29) is 21.0 Å². The van der Waals surface area contributed by atoms with E-state index in [1.807, 2.05) is 0 Å². The summed E-state index contributed by atoms with van der Waals surface area (Å²) in [6.07, 6.45) is 4.88. The van der Waals surface area contributed by atoms with Gasteiger partial charge in [0.15, 0.2) is 6.61 Å². The van der Waals surface area contributed by atoms with Crippen LogP contribution < -0.4 is 15.4 Å². The number of nitrogens with one attached hydrogen (secondary N) is 3. The van der Waals surface area contributed by atoms with Gasteiger partial charge < -0.3 is 10.1 Å². The number of sulfonamides is 1. The van der Waals surface area contributed by atoms with Crippen molar-refractivity contribution in [1.82, 2.24) is 15.4 Å². The van der Waals surface area contributed by atoms with Gasteiger partial charge in [0.05, 0.1) is 14.9 Å². The fourth-order valence-corrected chi connectivity index (χ4v) is 4.47. The minimum Gasteiger partial charge on any atom is -0.454 e. The van der Waals surface area contributed by atoms with E-state index in [4.69, 9.17) is 27.9 Å². The second-order valence-corrected chi connectivity index (χ2v) is 9.41. The molecule has 30 heavy (non-hydrogen) atoms. The average Bonchev–Trinajstić information content (AvgIpc) is 2.68. The van der Waals surface area contributed by atoms with E-state index in [0.717, 1.165) is 38.2 Å². The molecule has 2 rings (SSSR count). The van der Waals surface area contributed by atoms with Crippen LogP contribution in [-0.2, 0) is 24.3 Å². The Hall–Kier alpha value is -1.88. The summed E-state index contributed by atoms with van der Waals surface area (Å²) in [7, 11) is -4.08. The van der Waals surface area contributed by atoms with E-state index in [1.54, 1.807) is 0 Å².